The van der Waals surface area contributed by atoms with Gasteiger partial charge in [0.05, 0.1) is 0 Å². The molecule has 0 aliphatic heterocycles. The molecule has 0 saturated carbocycles. The van der Waals surface area contributed by atoms with Gasteiger partial charge in [0.15, 0.2) is 5.16 Å². The summed E-state index contributed by atoms with van der Waals surface area (Å²) in [5.41, 5.74) is 0.829. The van der Waals surface area contributed by atoms with Crippen molar-refractivity contribution in [2.24, 2.45) is 0 Å². The first-order chi connectivity index (χ1) is 6.31. The Bertz CT molecular complexity index is 303. The highest BCUT2D eigenvalue weighted by Crippen LogP contribution is 2.15. The van der Waals surface area contributed by atoms with Crippen LogP contribution in [0.3, 0.4) is 0 Å². The molecule has 0 aliphatic carbocycles. The SMILES string of the molecule is CNc1nc(SC)ncc1CC=O. The molecule has 0 unspecified atom stereocenters. The third-order valence-electron chi connectivity index (χ3n) is 1.57. The minimum Gasteiger partial charge on any atom is -0.373 e. The molecule has 4 nitrogen and oxygen atoms in total. The van der Waals surface area contributed by atoms with Crippen molar-refractivity contribution in [2.45, 2.75) is 11.6 Å². The topological polar surface area (TPSA) is 54.9 Å². The van der Waals surface area contributed by atoms with Gasteiger partial charge in [0.2, 0.25) is 0 Å². The lowest BCUT2D eigenvalue weighted by Gasteiger charge is -2.05. The van der Waals surface area contributed by atoms with Gasteiger partial charge in [-0.05, 0) is 6.26 Å². The van der Waals surface area contributed by atoms with E-state index in [1.807, 2.05) is 6.26 Å². The van der Waals surface area contributed by atoms with E-state index in [0.717, 1.165) is 17.7 Å². The summed E-state index contributed by atoms with van der Waals surface area (Å²) in [5, 5.41) is 3.64. The first kappa shape index (κ1) is 9.98. The number of carbonyl (C=O) groups is 1. The van der Waals surface area contributed by atoms with Crippen LogP contribution in [0.4, 0.5) is 5.82 Å². The molecule has 1 aromatic rings. The van der Waals surface area contributed by atoms with Crippen molar-refractivity contribution in [3.8, 4) is 0 Å². The fourth-order valence-corrected chi connectivity index (χ4v) is 1.29. The van der Waals surface area contributed by atoms with Crippen LogP contribution < -0.4 is 5.32 Å². The van der Waals surface area contributed by atoms with Crippen molar-refractivity contribution in [1.29, 1.82) is 0 Å². The largest absolute Gasteiger partial charge is 0.373 e. The van der Waals surface area contributed by atoms with Gasteiger partial charge in [0.1, 0.15) is 12.1 Å². The summed E-state index contributed by atoms with van der Waals surface area (Å²) >= 11 is 1.47. The Morgan fingerprint density at radius 3 is 3.00 bits per heavy atom. The van der Waals surface area contributed by atoms with Crippen LogP contribution in [0.1, 0.15) is 5.56 Å². The molecule has 1 N–H and O–H groups in total. The molecule has 1 heterocycles. The maximum absolute atomic E-state index is 10.3. The number of nitrogens with one attached hydrogen (secondary N) is 1. The molecule has 70 valence electrons. The zero-order valence-electron chi connectivity index (χ0n) is 7.57. The van der Waals surface area contributed by atoms with Gasteiger partial charge in [-0.3, -0.25) is 0 Å². The van der Waals surface area contributed by atoms with Gasteiger partial charge in [-0.2, -0.15) is 0 Å². The second-order valence-corrected chi connectivity index (χ2v) is 3.12. The zero-order chi connectivity index (χ0) is 9.68. The molecule has 0 radical (unpaired) electrons. The van der Waals surface area contributed by atoms with Crippen molar-refractivity contribution >= 4 is 23.9 Å². The molecule has 5 heteroatoms. The van der Waals surface area contributed by atoms with Crippen LogP contribution in [0.15, 0.2) is 11.4 Å². The second kappa shape index (κ2) is 4.81. The fraction of sp³-hybridized carbons (Fsp3) is 0.375. The zero-order valence-corrected chi connectivity index (χ0v) is 8.39. The summed E-state index contributed by atoms with van der Waals surface area (Å²) in [7, 11) is 1.78. The number of thioether (sulfide) groups is 1. The van der Waals surface area contributed by atoms with Gasteiger partial charge < -0.3 is 10.1 Å². The highest BCUT2D eigenvalue weighted by Gasteiger charge is 2.03. The van der Waals surface area contributed by atoms with Gasteiger partial charge in [0, 0.05) is 25.2 Å². The lowest BCUT2D eigenvalue weighted by molar-refractivity contribution is -0.107. The molecule has 1 aromatic heterocycles. The van der Waals surface area contributed by atoms with E-state index in [1.165, 1.54) is 11.8 Å². The van der Waals surface area contributed by atoms with E-state index in [-0.39, 0.29) is 0 Å². The molecule has 0 saturated heterocycles. The maximum atomic E-state index is 10.3. The minimum atomic E-state index is 0.352. The van der Waals surface area contributed by atoms with Crippen molar-refractivity contribution in [2.75, 3.05) is 18.6 Å². The Balaban J connectivity index is 3.00. The summed E-state index contributed by atoms with van der Waals surface area (Å²) in [5.74, 6) is 0.728. The first-order valence-corrected chi connectivity index (χ1v) is 5.05. The van der Waals surface area contributed by atoms with Crippen molar-refractivity contribution in [3.63, 3.8) is 0 Å². The Morgan fingerprint density at radius 2 is 2.46 bits per heavy atom. The Labute approximate surface area is 81.2 Å². The van der Waals surface area contributed by atoms with Crippen molar-refractivity contribution < 1.29 is 4.79 Å². The number of hydrogen-bond acceptors (Lipinski definition) is 5. The van der Waals surface area contributed by atoms with Crippen LogP contribution in [0.25, 0.3) is 0 Å². The van der Waals surface area contributed by atoms with E-state index in [9.17, 15) is 4.79 Å². The summed E-state index contributed by atoms with van der Waals surface area (Å²) in [6, 6.07) is 0. The molecular formula is C8H11N3OS. The number of carbonyl (C=O) groups excluding carboxylic acids is 1. The van der Waals surface area contributed by atoms with Gasteiger partial charge in [-0.15, -0.1) is 0 Å². The van der Waals surface area contributed by atoms with Gasteiger partial charge in [0.25, 0.3) is 0 Å². The van der Waals surface area contributed by atoms with Gasteiger partial charge in [-0.1, -0.05) is 11.8 Å². The molecule has 0 spiro atoms. The average molecular weight is 197 g/mol. The molecular weight excluding hydrogens is 186 g/mol. The van der Waals surface area contributed by atoms with Crippen LogP contribution in [-0.4, -0.2) is 29.6 Å². The first-order valence-electron chi connectivity index (χ1n) is 3.83. The number of aromatic nitrogens is 2. The van der Waals surface area contributed by atoms with E-state index >= 15 is 0 Å². The number of rotatable bonds is 4. The molecule has 0 atom stereocenters. The summed E-state index contributed by atoms with van der Waals surface area (Å²) in [4.78, 5) is 18.6. The van der Waals surface area contributed by atoms with Crippen LogP contribution in [-0.2, 0) is 11.2 Å². The van der Waals surface area contributed by atoms with E-state index in [4.69, 9.17) is 0 Å². The van der Waals surface area contributed by atoms with Crippen molar-refractivity contribution in [1.82, 2.24) is 9.97 Å². The van der Waals surface area contributed by atoms with Crippen molar-refractivity contribution in [3.05, 3.63) is 11.8 Å². The molecule has 1 rings (SSSR count). The number of anilines is 1. The summed E-state index contributed by atoms with van der Waals surface area (Å²) < 4.78 is 0. The fourth-order valence-electron chi connectivity index (χ4n) is 0.945. The monoisotopic (exact) mass is 197 g/mol. The third kappa shape index (κ3) is 2.42. The van der Waals surface area contributed by atoms with Crippen LogP contribution >= 0.6 is 11.8 Å². The van der Waals surface area contributed by atoms with Crippen LogP contribution in [0.5, 0.6) is 0 Å². The Kier molecular flexibility index (Phi) is 3.70. The number of hydrogen-bond donors (Lipinski definition) is 1. The van der Waals surface area contributed by atoms with E-state index in [0.29, 0.717) is 11.6 Å². The molecule has 0 aromatic carbocycles. The van der Waals surface area contributed by atoms with Crippen LogP contribution in [0, 0.1) is 0 Å². The highest BCUT2D eigenvalue weighted by atomic mass is 32.2. The summed E-state index contributed by atoms with van der Waals surface area (Å²) in [6.45, 7) is 0. The van der Waals surface area contributed by atoms with Gasteiger partial charge in [-0.25, -0.2) is 9.97 Å². The number of aldehydes is 1. The Hall–Kier alpha value is -1.10. The normalized spacial score (nSPS) is 9.69. The van der Waals surface area contributed by atoms with E-state index in [1.54, 1.807) is 13.2 Å². The second-order valence-electron chi connectivity index (χ2n) is 2.35. The molecule has 0 bridgehead atoms. The molecule has 0 aliphatic rings. The highest BCUT2D eigenvalue weighted by molar-refractivity contribution is 7.98. The maximum Gasteiger partial charge on any atom is 0.189 e. The lowest BCUT2D eigenvalue weighted by Crippen LogP contribution is -2.01. The van der Waals surface area contributed by atoms with Crippen LogP contribution in [0.2, 0.25) is 0 Å². The quantitative estimate of drug-likeness (QED) is 0.443. The van der Waals surface area contributed by atoms with Gasteiger partial charge >= 0.3 is 0 Å². The number of nitrogens with zero attached hydrogens (tertiary/aromatic N) is 2. The predicted molar refractivity (Wildman–Crippen MR) is 53.1 cm³/mol. The Morgan fingerprint density at radius 1 is 1.69 bits per heavy atom. The average Bonchev–Trinajstić information content (AvgIpc) is 2.19. The van der Waals surface area contributed by atoms with E-state index < -0.39 is 0 Å². The molecule has 0 fully saturated rings. The van der Waals surface area contributed by atoms with E-state index in [2.05, 4.69) is 15.3 Å². The standard InChI is InChI=1S/C8H11N3OS/c1-9-7-6(3-4-12)5-10-8(11-7)13-2/h4-5H,3H2,1-2H3,(H,9,10,11). The predicted octanol–water partition coefficient (Wildman–Crippen LogP) is 0.982. The lowest BCUT2D eigenvalue weighted by atomic mass is 10.2. The summed E-state index contributed by atoms with van der Waals surface area (Å²) in [6.07, 6.45) is 4.79. The molecule has 13 heavy (non-hydrogen) atoms. The molecule has 0 amide bonds. The minimum absolute atomic E-state index is 0.352. The smallest absolute Gasteiger partial charge is 0.189 e. The third-order valence-corrected chi connectivity index (χ3v) is 2.13.